The van der Waals surface area contributed by atoms with Crippen molar-refractivity contribution < 1.29 is 4.79 Å². The summed E-state index contributed by atoms with van der Waals surface area (Å²) in [6, 6.07) is 7.50. The van der Waals surface area contributed by atoms with E-state index in [0.717, 1.165) is 30.0 Å². The fourth-order valence-corrected chi connectivity index (χ4v) is 2.03. The second-order valence-corrected chi connectivity index (χ2v) is 4.61. The number of carbonyl (C=O) groups excluding carboxylic acids is 1. The maximum Gasteiger partial charge on any atom is 0.253 e. The van der Waals surface area contributed by atoms with E-state index in [1.54, 1.807) is 24.5 Å². The molecule has 0 radical (unpaired) electrons. The smallest absolute Gasteiger partial charge is 0.253 e. The topological polar surface area (TPSA) is 66.9 Å². The number of pyridine rings is 2. The summed E-state index contributed by atoms with van der Waals surface area (Å²) in [5, 5.41) is 5.97. The first-order valence-corrected chi connectivity index (χ1v) is 7.15. The Bertz CT molecular complexity index is 595. The quantitative estimate of drug-likeness (QED) is 0.855. The van der Waals surface area contributed by atoms with Gasteiger partial charge in [-0.3, -0.25) is 9.78 Å². The number of hydrogen-bond donors (Lipinski definition) is 2. The molecule has 0 fully saturated rings. The molecule has 0 spiro atoms. The maximum atomic E-state index is 12.1. The van der Waals surface area contributed by atoms with Gasteiger partial charge in [0.1, 0.15) is 5.82 Å². The van der Waals surface area contributed by atoms with Gasteiger partial charge in [0.2, 0.25) is 0 Å². The molecule has 0 saturated carbocycles. The molecule has 110 valence electrons. The summed E-state index contributed by atoms with van der Waals surface area (Å²) in [7, 11) is 0. The highest BCUT2D eigenvalue weighted by atomic mass is 16.1. The number of aryl methyl sites for hydroxylation is 1. The molecule has 2 rings (SSSR count). The van der Waals surface area contributed by atoms with Gasteiger partial charge in [-0.05, 0) is 37.1 Å². The number of carbonyl (C=O) groups is 1. The standard InChI is InChI=1S/C16H20N4O/c1-3-12-6-5-9-18-14(12)11-20-16(21)13-7-8-15(17-4-2)19-10-13/h5-10H,3-4,11H2,1-2H3,(H,17,19)(H,20,21). The molecule has 0 saturated heterocycles. The van der Waals surface area contributed by atoms with E-state index in [1.807, 2.05) is 19.1 Å². The number of rotatable bonds is 6. The van der Waals surface area contributed by atoms with Crippen molar-refractivity contribution in [3.8, 4) is 0 Å². The van der Waals surface area contributed by atoms with Crippen LogP contribution in [0.3, 0.4) is 0 Å². The molecule has 0 unspecified atom stereocenters. The van der Waals surface area contributed by atoms with E-state index >= 15 is 0 Å². The largest absolute Gasteiger partial charge is 0.370 e. The number of anilines is 1. The lowest BCUT2D eigenvalue weighted by Crippen LogP contribution is -2.24. The van der Waals surface area contributed by atoms with E-state index in [1.165, 1.54) is 0 Å². The van der Waals surface area contributed by atoms with Crippen LogP contribution in [0.25, 0.3) is 0 Å². The van der Waals surface area contributed by atoms with E-state index < -0.39 is 0 Å². The maximum absolute atomic E-state index is 12.1. The zero-order valence-corrected chi connectivity index (χ0v) is 12.4. The van der Waals surface area contributed by atoms with Crippen LogP contribution in [0.4, 0.5) is 5.82 Å². The monoisotopic (exact) mass is 284 g/mol. The van der Waals surface area contributed by atoms with Crippen LogP contribution in [0.1, 0.15) is 35.5 Å². The summed E-state index contributed by atoms with van der Waals surface area (Å²) in [6.07, 6.45) is 4.22. The Morgan fingerprint density at radius 2 is 2.05 bits per heavy atom. The highest BCUT2D eigenvalue weighted by Gasteiger charge is 2.08. The first-order valence-electron chi connectivity index (χ1n) is 7.15. The van der Waals surface area contributed by atoms with E-state index in [9.17, 15) is 4.79 Å². The van der Waals surface area contributed by atoms with Gasteiger partial charge < -0.3 is 10.6 Å². The molecule has 2 heterocycles. The van der Waals surface area contributed by atoms with Crippen molar-refractivity contribution in [3.05, 3.63) is 53.5 Å². The average molecular weight is 284 g/mol. The summed E-state index contributed by atoms with van der Waals surface area (Å²) in [6.45, 7) is 5.31. The zero-order valence-electron chi connectivity index (χ0n) is 12.4. The lowest BCUT2D eigenvalue weighted by molar-refractivity contribution is 0.0950. The predicted molar refractivity (Wildman–Crippen MR) is 83.2 cm³/mol. The number of nitrogens with zero attached hydrogens (tertiary/aromatic N) is 2. The molecule has 0 aliphatic heterocycles. The average Bonchev–Trinajstić information content (AvgIpc) is 2.54. The fraction of sp³-hybridized carbons (Fsp3) is 0.312. The van der Waals surface area contributed by atoms with Crippen LogP contribution in [-0.2, 0) is 13.0 Å². The summed E-state index contributed by atoms with van der Waals surface area (Å²) in [5.74, 6) is 0.630. The van der Waals surface area contributed by atoms with Crippen LogP contribution < -0.4 is 10.6 Å². The molecular formula is C16H20N4O. The molecule has 0 atom stereocenters. The lowest BCUT2D eigenvalue weighted by Gasteiger charge is -2.08. The molecule has 0 aliphatic carbocycles. The van der Waals surface area contributed by atoms with Crippen molar-refractivity contribution in [3.63, 3.8) is 0 Å². The van der Waals surface area contributed by atoms with Gasteiger partial charge in [-0.2, -0.15) is 0 Å². The van der Waals surface area contributed by atoms with Gasteiger partial charge in [0.15, 0.2) is 0 Å². The Kier molecular flexibility index (Phi) is 5.26. The molecule has 0 aromatic carbocycles. The summed E-state index contributed by atoms with van der Waals surface area (Å²) >= 11 is 0. The van der Waals surface area contributed by atoms with Crippen molar-refractivity contribution in [1.82, 2.24) is 15.3 Å². The van der Waals surface area contributed by atoms with Gasteiger partial charge in [0, 0.05) is 18.9 Å². The highest BCUT2D eigenvalue weighted by Crippen LogP contribution is 2.07. The molecule has 2 aromatic rings. The number of amides is 1. The minimum Gasteiger partial charge on any atom is -0.370 e. The Morgan fingerprint density at radius 1 is 1.19 bits per heavy atom. The van der Waals surface area contributed by atoms with Gasteiger partial charge in [-0.15, -0.1) is 0 Å². The van der Waals surface area contributed by atoms with E-state index in [2.05, 4.69) is 27.5 Å². The number of aromatic nitrogens is 2. The van der Waals surface area contributed by atoms with Crippen molar-refractivity contribution in [2.75, 3.05) is 11.9 Å². The summed E-state index contributed by atoms with van der Waals surface area (Å²) in [5.41, 5.74) is 2.61. The van der Waals surface area contributed by atoms with Crippen LogP contribution in [0.15, 0.2) is 36.7 Å². The lowest BCUT2D eigenvalue weighted by atomic mass is 10.1. The molecule has 5 heteroatoms. The second-order valence-electron chi connectivity index (χ2n) is 4.61. The van der Waals surface area contributed by atoms with Crippen LogP contribution in [0, 0.1) is 0 Å². The van der Waals surface area contributed by atoms with Crippen molar-refractivity contribution in [2.45, 2.75) is 26.8 Å². The molecule has 2 N–H and O–H groups in total. The predicted octanol–water partition coefficient (Wildman–Crippen LogP) is 2.40. The van der Waals surface area contributed by atoms with Gasteiger partial charge in [-0.25, -0.2) is 4.98 Å². The zero-order chi connectivity index (χ0) is 15.1. The first-order chi connectivity index (χ1) is 10.2. The third-order valence-corrected chi connectivity index (χ3v) is 3.17. The van der Waals surface area contributed by atoms with Crippen molar-refractivity contribution >= 4 is 11.7 Å². The molecule has 1 amide bonds. The summed E-state index contributed by atoms with van der Waals surface area (Å²) < 4.78 is 0. The normalized spacial score (nSPS) is 10.2. The van der Waals surface area contributed by atoms with Crippen LogP contribution in [0.2, 0.25) is 0 Å². The third-order valence-electron chi connectivity index (χ3n) is 3.17. The Balaban J connectivity index is 1.98. The third kappa shape index (κ3) is 4.02. The SMILES string of the molecule is CCNc1ccc(C(=O)NCc2ncccc2CC)cn1. The Morgan fingerprint density at radius 3 is 2.71 bits per heavy atom. The molecule has 0 aliphatic rings. The Labute approximate surface area is 124 Å². The van der Waals surface area contributed by atoms with E-state index in [-0.39, 0.29) is 5.91 Å². The van der Waals surface area contributed by atoms with Crippen molar-refractivity contribution in [1.29, 1.82) is 0 Å². The molecule has 5 nitrogen and oxygen atoms in total. The molecule has 21 heavy (non-hydrogen) atoms. The highest BCUT2D eigenvalue weighted by molar-refractivity contribution is 5.93. The van der Waals surface area contributed by atoms with E-state index in [0.29, 0.717) is 12.1 Å². The number of nitrogens with one attached hydrogen (secondary N) is 2. The van der Waals surface area contributed by atoms with Crippen LogP contribution in [0.5, 0.6) is 0 Å². The van der Waals surface area contributed by atoms with E-state index in [4.69, 9.17) is 0 Å². The molecular weight excluding hydrogens is 264 g/mol. The minimum atomic E-state index is -0.141. The fourth-order valence-electron chi connectivity index (χ4n) is 2.03. The van der Waals surface area contributed by atoms with Gasteiger partial charge in [-0.1, -0.05) is 13.0 Å². The first kappa shape index (κ1) is 15.0. The minimum absolute atomic E-state index is 0.141. The molecule has 2 aromatic heterocycles. The number of hydrogen-bond acceptors (Lipinski definition) is 4. The Hall–Kier alpha value is -2.43. The molecule has 0 bridgehead atoms. The van der Waals surface area contributed by atoms with Crippen molar-refractivity contribution in [2.24, 2.45) is 0 Å². The van der Waals surface area contributed by atoms with Gasteiger partial charge >= 0.3 is 0 Å². The van der Waals surface area contributed by atoms with Gasteiger partial charge in [0.25, 0.3) is 5.91 Å². The summed E-state index contributed by atoms with van der Waals surface area (Å²) in [4.78, 5) is 20.6. The second kappa shape index (κ2) is 7.38. The van der Waals surface area contributed by atoms with Crippen LogP contribution in [-0.4, -0.2) is 22.4 Å². The van der Waals surface area contributed by atoms with Gasteiger partial charge in [0.05, 0.1) is 17.8 Å². The van der Waals surface area contributed by atoms with Crippen LogP contribution >= 0.6 is 0 Å².